The van der Waals surface area contributed by atoms with Gasteiger partial charge >= 0.3 is 0 Å². The van der Waals surface area contributed by atoms with Crippen molar-refractivity contribution in [2.45, 2.75) is 25.1 Å². The Hall–Kier alpha value is -0.380. The van der Waals surface area contributed by atoms with Crippen LogP contribution >= 0.6 is 15.9 Å². The average Bonchev–Trinajstić information content (AvgIpc) is 1.85. The zero-order valence-corrected chi connectivity index (χ0v) is 8.27. The summed E-state index contributed by atoms with van der Waals surface area (Å²) in [6, 6.07) is 0. The van der Waals surface area contributed by atoms with Crippen molar-refractivity contribution in [2.24, 2.45) is 5.92 Å². The maximum atomic E-state index is 11.1. The molecule has 0 spiro atoms. The highest BCUT2D eigenvalue weighted by Gasteiger charge is 2.32. The van der Waals surface area contributed by atoms with Gasteiger partial charge in [-0.25, -0.2) is 0 Å². The summed E-state index contributed by atoms with van der Waals surface area (Å²) in [5.41, 5.74) is 0. The quantitative estimate of drug-likeness (QED) is 0.503. The highest BCUT2D eigenvalue weighted by molar-refractivity contribution is 9.10. The summed E-state index contributed by atoms with van der Waals surface area (Å²) >= 11 is 2.80. The molecule has 0 aliphatic carbocycles. The standard InChI is InChI=1S/C7H11BrO3/c1-4(2)5(9)7(3,8)6(10)11/h4H,1-3H3,(H,10,11)/p-1. The minimum atomic E-state index is -1.54. The first kappa shape index (κ1) is 10.6. The first-order valence-electron chi connectivity index (χ1n) is 3.24. The molecule has 1 unspecified atom stereocenters. The van der Waals surface area contributed by atoms with Gasteiger partial charge in [-0.15, -0.1) is 0 Å². The van der Waals surface area contributed by atoms with E-state index in [9.17, 15) is 14.7 Å². The normalized spacial score (nSPS) is 16.1. The molecular formula is C7H10BrO3-. The lowest BCUT2D eigenvalue weighted by Gasteiger charge is -2.23. The molecule has 0 fully saturated rings. The molecule has 0 aromatic carbocycles. The van der Waals surface area contributed by atoms with E-state index < -0.39 is 10.3 Å². The van der Waals surface area contributed by atoms with Gasteiger partial charge < -0.3 is 9.90 Å². The summed E-state index contributed by atoms with van der Waals surface area (Å²) in [5, 5.41) is 10.4. The van der Waals surface area contributed by atoms with E-state index in [1.165, 1.54) is 6.92 Å². The van der Waals surface area contributed by atoms with Crippen molar-refractivity contribution in [3.8, 4) is 0 Å². The van der Waals surface area contributed by atoms with E-state index in [-0.39, 0.29) is 11.7 Å². The zero-order valence-electron chi connectivity index (χ0n) is 6.68. The van der Waals surface area contributed by atoms with Gasteiger partial charge in [-0.05, 0) is 6.92 Å². The highest BCUT2D eigenvalue weighted by atomic mass is 79.9. The molecule has 0 aliphatic rings. The number of halogens is 1. The predicted molar refractivity (Wildman–Crippen MR) is 42.2 cm³/mol. The molecule has 0 aromatic heterocycles. The second-order valence-electron chi connectivity index (χ2n) is 2.81. The van der Waals surface area contributed by atoms with Crippen molar-refractivity contribution in [3.63, 3.8) is 0 Å². The van der Waals surface area contributed by atoms with Crippen LogP contribution < -0.4 is 5.11 Å². The number of hydrogen-bond acceptors (Lipinski definition) is 3. The molecule has 0 aliphatic heterocycles. The molecule has 0 bridgehead atoms. The number of carboxylic acids is 1. The fourth-order valence-electron chi connectivity index (χ4n) is 0.643. The Bertz CT molecular complexity index is 184. The molecule has 3 nitrogen and oxygen atoms in total. The molecule has 64 valence electrons. The van der Waals surface area contributed by atoms with E-state index in [4.69, 9.17) is 0 Å². The average molecular weight is 222 g/mol. The van der Waals surface area contributed by atoms with E-state index in [0.717, 1.165) is 0 Å². The Balaban J connectivity index is 4.56. The van der Waals surface area contributed by atoms with Crippen LogP contribution in [0.2, 0.25) is 0 Å². The number of aliphatic carboxylic acids is 1. The van der Waals surface area contributed by atoms with Crippen LogP contribution in [-0.2, 0) is 9.59 Å². The third-order valence-corrected chi connectivity index (χ3v) is 2.08. The summed E-state index contributed by atoms with van der Waals surface area (Å²) in [7, 11) is 0. The number of rotatable bonds is 3. The van der Waals surface area contributed by atoms with Gasteiger partial charge in [0.15, 0.2) is 5.78 Å². The molecule has 0 saturated heterocycles. The molecule has 0 rings (SSSR count). The summed E-state index contributed by atoms with van der Waals surface area (Å²) in [5.74, 6) is -2.08. The Morgan fingerprint density at radius 1 is 1.45 bits per heavy atom. The number of alkyl halides is 1. The fraction of sp³-hybridized carbons (Fsp3) is 0.714. The van der Waals surface area contributed by atoms with Crippen LogP contribution in [-0.4, -0.2) is 16.1 Å². The molecule has 0 heterocycles. The molecule has 4 heteroatoms. The Kier molecular flexibility index (Phi) is 3.23. The SMILES string of the molecule is CC(C)C(=O)C(C)(Br)C(=O)[O-]. The molecule has 0 amide bonds. The van der Waals surface area contributed by atoms with Crippen LogP contribution in [0.15, 0.2) is 0 Å². The maximum absolute atomic E-state index is 11.1. The van der Waals surface area contributed by atoms with Crippen molar-refractivity contribution >= 4 is 27.7 Å². The summed E-state index contributed by atoms with van der Waals surface area (Å²) < 4.78 is -1.54. The van der Waals surface area contributed by atoms with E-state index in [2.05, 4.69) is 15.9 Å². The summed E-state index contributed by atoms with van der Waals surface area (Å²) in [6.45, 7) is 4.57. The minimum absolute atomic E-state index is 0.308. The number of Topliss-reactive ketones (excluding diaryl/α,β-unsaturated/α-hetero) is 1. The first-order chi connectivity index (χ1) is 4.80. The summed E-state index contributed by atoms with van der Waals surface area (Å²) in [4.78, 5) is 21.5. The van der Waals surface area contributed by atoms with Crippen molar-refractivity contribution in [3.05, 3.63) is 0 Å². The van der Waals surface area contributed by atoms with E-state index in [0.29, 0.717) is 0 Å². The van der Waals surface area contributed by atoms with Gasteiger partial charge in [0.2, 0.25) is 0 Å². The van der Waals surface area contributed by atoms with Gasteiger partial charge in [0, 0.05) is 5.92 Å². The smallest absolute Gasteiger partial charge is 0.157 e. The third-order valence-electron chi connectivity index (χ3n) is 1.37. The Labute approximate surface area is 73.9 Å². The Morgan fingerprint density at radius 3 is 1.91 bits per heavy atom. The number of ketones is 1. The minimum Gasteiger partial charge on any atom is -0.548 e. The number of carbonyl (C=O) groups is 2. The monoisotopic (exact) mass is 221 g/mol. The van der Waals surface area contributed by atoms with Crippen LogP contribution in [0.1, 0.15) is 20.8 Å². The molecule has 0 N–H and O–H groups in total. The van der Waals surface area contributed by atoms with Gasteiger partial charge in [-0.1, -0.05) is 29.8 Å². The van der Waals surface area contributed by atoms with Gasteiger partial charge in [0.25, 0.3) is 0 Å². The van der Waals surface area contributed by atoms with Crippen LogP contribution in [0, 0.1) is 5.92 Å². The zero-order chi connectivity index (χ0) is 9.23. The van der Waals surface area contributed by atoms with Crippen molar-refractivity contribution in [2.75, 3.05) is 0 Å². The van der Waals surface area contributed by atoms with Crippen LogP contribution in [0.4, 0.5) is 0 Å². The predicted octanol–water partition coefficient (Wildman–Crippen LogP) is 0.115. The topological polar surface area (TPSA) is 57.2 Å². The fourth-order valence-corrected chi connectivity index (χ4v) is 1.10. The lowest BCUT2D eigenvalue weighted by molar-refractivity contribution is -0.307. The van der Waals surface area contributed by atoms with Gasteiger partial charge in [0.1, 0.15) is 4.32 Å². The summed E-state index contributed by atoms with van der Waals surface area (Å²) in [6.07, 6.45) is 0. The molecule has 0 saturated carbocycles. The number of carbonyl (C=O) groups excluding carboxylic acids is 2. The van der Waals surface area contributed by atoms with Gasteiger partial charge in [-0.2, -0.15) is 0 Å². The van der Waals surface area contributed by atoms with Crippen LogP contribution in [0.3, 0.4) is 0 Å². The van der Waals surface area contributed by atoms with E-state index in [1.54, 1.807) is 13.8 Å². The Morgan fingerprint density at radius 2 is 1.82 bits per heavy atom. The van der Waals surface area contributed by atoms with Gasteiger partial charge in [-0.3, -0.25) is 4.79 Å². The van der Waals surface area contributed by atoms with Crippen molar-refractivity contribution < 1.29 is 14.7 Å². The molecule has 0 radical (unpaired) electrons. The van der Waals surface area contributed by atoms with Crippen LogP contribution in [0.25, 0.3) is 0 Å². The maximum Gasteiger partial charge on any atom is 0.157 e. The molecule has 1 atom stereocenters. The van der Waals surface area contributed by atoms with Crippen molar-refractivity contribution in [1.29, 1.82) is 0 Å². The molecular weight excluding hydrogens is 212 g/mol. The number of hydrogen-bond donors (Lipinski definition) is 0. The van der Waals surface area contributed by atoms with E-state index >= 15 is 0 Å². The highest BCUT2D eigenvalue weighted by Crippen LogP contribution is 2.21. The second-order valence-corrected chi connectivity index (χ2v) is 4.40. The molecule has 11 heavy (non-hydrogen) atoms. The van der Waals surface area contributed by atoms with E-state index in [1.807, 2.05) is 0 Å². The van der Waals surface area contributed by atoms with Crippen molar-refractivity contribution in [1.82, 2.24) is 0 Å². The lowest BCUT2D eigenvalue weighted by atomic mass is 9.97. The number of carboxylic acid groups (broad SMARTS) is 1. The second kappa shape index (κ2) is 3.34. The first-order valence-corrected chi connectivity index (χ1v) is 4.04. The lowest BCUT2D eigenvalue weighted by Crippen LogP contribution is -2.48. The van der Waals surface area contributed by atoms with Gasteiger partial charge in [0.05, 0.1) is 5.97 Å². The third kappa shape index (κ3) is 2.29. The molecule has 0 aromatic rings. The largest absolute Gasteiger partial charge is 0.548 e. The van der Waals surface area contributed by atoms with Crippen LogP contribution in [0.5, 0.6) is 0 Å².